The minimum Gasteiger partial charge on any atom is -0.395 e. The SMILES string of the molecule is C=C(Nc1cccc(-c2cccc(-c3cc(C)c(CNCCC)c(F)c3)c2)c1)c1ccc(CNCCO)cn1. The zero-order valence-corrected chi connectivity index (χ0v) is 22.7. The minimum absolute atomic E-state index is 0.109. The number of aryl methyl sites for hydroxylation is 1. The Hall–Kier alpha value is -3.84. The zero-order valence-electron chi connectivity index (χ0n) is 22.7. The van der Waals surface area contributed by atoms with E-state index >= 15 is 0 Å². The number of nitrogens with one attached hydrogen (secondary N) is 3. The Morgan fingerprint density at radius 1 is 0.872 bits per heavy atom. The van der Waals surface area contributed by atoms with E-state index in [9.17, 15) is 4.39 Å². The fourth-order valence-corrected chi connectivity index (χ4v) is 4.47. The van der Waals surface area contributed by atoms with Gasteiger partial charge >= 0.3 is 0 Å². The molecule has 0 unspecified atom stereocenters. The molecule has 3 aromatic carbocycles. The van der Waals surface area contributed by atoms with Crippen molar-refractivity contribution in [2.75, 3.05) is 25.0 Å². The number of rotatable bonds is 13. The van der Waals surface area contributed by atoms with Gasteiger partial charge in [0.15, 0.2) is 0 Å². The third-order valence-corrected chi connectivity index (χ3v) is 6.59. The molecule has 4 aromatic rings. The van der Waals surface area contributed by atoms with Crippen LogP contribution < -0.4 is 16.0 Å². The lowest BCUT2D eigenvalue weighted by molar-refractivity contribution is 0.292. The molecule has 6 heteroatoms. The van der Waals surface area contributed by atoms with Crippen LogP contribution in [-0.2, 0) is 13.1 Å². The molecular formula is C33H37FN4O. The predicted octanol–water partition coefficient (Wildman–Crippen LogP) is 6.53. The molecule has 0 fully saturated rings. The molecule has 0 aliphatic carbocycles. The van der Waals surface area contributed by atoms with Gasteiger partial charge in [-0.15, -0.1) is 0 Å². The molecule has 0 amide bonds. The number of aliphatic hydroxyl groups excluding tert-OH is 1. The molecule has 0 radical (unpaired) electrons. The second kappa shape index (κ2) is 13.8. The number of pyridine rings is 1. The molecule has 202 valence electrons. The standard InChI is InChI=1S/C33H37FN4O/c1-4-13-35-22-31-23(2)16-29(19-32(31)34)27-8-5-7-26(17-27)28-9-6-10-30(18-28)38-24(3)33-12-11-25(21-37-33)20-36-14-15-39/h5-12,16-19,21,35-36,38-39H,3-4,13-15,20,22H2,1-2H3. The fraction of sp³-hybridized carbons (Fsp3) is 0.242. The molecular weight excluding hydrogens is 487 g/mol. The summed E-state index contributed by atoms with van der Waals surface area (Å²) < 4.78 is 15.0. The van der Waals surface area contributed by atoms with E-state index < -0.39 is 0 Å². The van der Waals surface area contributed by atoms with E-state index in [0.29, 0.717) is 25.3 Å². The van der Waals surface area contributed by atoms with Gasteiger partial charge in [0.25, 0.3) is 0 Å². The Morgan fingerprint density at radius 3 is 2.28 bits per heavy atom. The number of aromatic nitrogens is 1. The Labute approximate surface area is 230 Å². The molecule has 4 rings (SSSR count). The first-order valence-electron chi connectivity index (χ1n) is 13.4. The third kappa shape index (κ3) is 7.60. The van der Waals surface area contributed by atoms with Gasteiger partial charge in [-0.3, -0.25) is 4.98 Å². The molecule has 1 heterocycles. The van der Waals surface area contributed by atoms with E-state index in [2.05, 4.69) is 64.8 Å². The maximum atomic E-state index is 15.0. The van der Waals surface area contributed by atoms with E-state index in [1.807, 2.05) is 49.5 Å². The first kappa shape index (κ1) is 28.2. The van der Waals surface area contributed by atoms with Crippen molar-refractivity contribution in [3.63, 3.8) is 0 Å². The van der Waals surface area contributed by atoms with Gasteiger partial charge in [0.05, 0.1) is 18.0 Å². The summed E-state index contributed by atoms with van der Waals surface area (Å²) in [5, 5.41) is 18.7. The third-order valence-electron chi connectivity index (χ3n) is 6.59. The summed E-state index contributed by atoms with van der Waals surface area (Å²) in [5.41, 5.74) is 9.03. The van der Waals surface area contributed by atoms with Crippen molar-refractivity contribution in [1.82, 2.24) is 15.6 Å². The first-order valence-corrected chi connectivity index (χ1v) is 13.4. The van der Waals surface area contributed by atoms with Crippen LogP contribution in [0.4, 0.5) is 10.1 Å². The monoisotopic (exact) mass is 524 g/mol. The minimum atomic E-state index is -0.174. The Kier molecular flexibility index (Phi) is 9.97. The van der Waals surface area contributed by atoms with Gasteiger partial charge in [-0.1, -0.05) is 56.0 Å². The molecule has 5 nitrogen and oxygen atoms in total. The maximum absolute atomic E-state index is 15.0. The maximum Gasteiger partial charge on any atom is 0.128 e. The zero-order chi connectivity index (χ0) is 27.6. The topological polar surface area (TPSA) is 69.2 Å². The van der Waals surface area contributed by atoms with Crippen LogP contribution in [-0.4, -0.2) is 29.8 Å². The molecule has 0 aliphatic heterocycles. The quantitative estimate of drug-likeness (QED) is 0.150. The van der Waals surface area contributed by atoms with Crippen LogP contribution in [0.1, 0.15) is 35.7 Å². The van der Waals surface area contributed by atoms with Crippen molar-refractivity contribution in [2.24, 2.45) is 0 Å². The second-order valence-corrected chi connectivity index (χ2v) is 9.65. The molecule has 0 saturated carbocycles. The van der Waals surface area contributed by atoms with Gasteiger partial charge in [-0.05, 0) is 83.6 Å². The number of hydrogen-bond acceptors (Lipinski definition) is 5. The van der Waals surface area contributed by atoms with Gasteiger partial charge < -0.3 is 21.1 Å². The van der Waals surface area contributed by atoms with Crippen molar-refractivity contribution in [2.45, 2.75) is 33.4 Å². The van der Waals surface area contributed by atoms with Crippen molar-refractivity contribution in [3.8, 4) is 22.3 Å². The van der Waals surface area contributed by atoms with Crippen molar-refractivity contribution in [1.29, 1.82) is 0 Å². The van der Waals surface area contributed by atoms with E-state index in [-0.39, 0.29) is 12.4 Å². The van der Waals surface area contributed by atoms with Crippen molar-refractivity contribution in [3.05, 3.63) is 114 Å². The smallest absolute Gasteiger partial charge is 0.128 e. The Bertz CT molecular complexity index is 1380. The number of hydrogen-bond donors (Lipinski definition) is 4. The van der Waals surface area contributed by atoms with Gasteiger partial charge in [-0.2, -0.15) is 0 Å². The highest BCUT2D eigenvalue weighted by Gasteiger charge is 2.11. The average Bonchev–Trinajstić information content (AvgIpc) is 2.95. The highest BCUT2D eigenvalue weighted by atomic mass is 19.1. The molecule has 0 aliphatic rings. The van der Waals surface area contributed by atoms with Crippen LogP contribution in [0.25, 0.3) is 28.0 Å². The lowest BCUT2D eigenvalue weighted by Crippen LogP contribution is -2.17. The summed E-state index contributed by atoms with van der Waals surface area (Å²) in [6.07, 6.45) is 2.83. The van der Waals surface area contributed by atoms with Gasteiger partial charge in [0, 0.05) is 37.1 Å². The number of aliphatic hydroxyl groups is 1. The van der Waals surface area contributed by atoms with Crippen LogP contribution >= 0.6 is 0 Å². The van der Waals surface area contributed by atoms with Crippen molar-refractivity contribution >= 4 is 11.4 Å². The first-order chi connectivity index (χ1) is 19.0. The van der Waals surface area contributed by atoms with Crippen LogP contribution in [0, 0.1) is 12.7 Å². The van der Waals surface area contributed by atoms with Crippen LogP contribution in [0.5, 0.6) is 0 Å². The summed E-state index contributed by atoms with van der Waals surface area (Å²) in [6, 6.07) is 24.0. The van der Waals surface area contributed by atoms with Gasteiger partial charge in [0.1, 0.15) is 5.82 Å². The molecule has 0 bridgehead atoms. The molecule has 0 atom stereocenters. The summed E-state index contributed by atoms with van der Waals surface area (Å²) >= 11 is 0. The summed E-state index contributed by atoms with van der Waals surface area (Å²) in [5.74, 6) is -0.174. The average molecular weight is 525 g/mol. The van der Waals surface area contributed by atoms with Gasteiger partial charge in [0.2, 0.25) is 0 Å². The molecule has 39 heavy (non-hydrogen) atoms. The Balaban J connectivity index is 1.48. The largest absolute Gasteiger partial charge is 0.395 e. The highest BCUT2D eigenvalue weighted by molar-refractivity contribution is 5.79. The number of nitrogens with zero attached hydrogens (tertiary/aromatic N) is 1. The van der Waals surface area contributed by atoms with E-state index in [1.54, 1.807) is 6.07 Å². The lowest BCUT2D eigenvalue weighted by Gasteiger charge is -2.13. The van der Waals surface area contributed by atoms with Gasteiger partial charge in [-0.25, -0.2) is 4.39 Å². The fourth-order valence-electron chi connectivity index (χ4n) is 4.47. The van der Waals surface area contributed by atoms with E-state index in [1.165, 1.54) is 0 Å². The summed E-state index contributed by atoms with van der Waals surface area (Å²) in [7, 11) is 0. The Morgan fingerprint density at radius 2 is 1.59 bits per heavy atom. The number of halogens is 1. The number of anilines is 1. The van der Waals surface area contributed by atoms with Crippen molar-refractivity contribution < 1.29 is 9.50 Å². The summed E-state index contributed by atoms with van der Waals surface area (Å²) in [6.45, 7) is 11.0. The number of benzene rings is 3. The predicted molar refractivity (Wildman–Crippen MR) is 160 cm³/mol. The van der Waals surface area contributed by atoms with Crippen LogP contribution in [0.2, 0.25) is 0 Å². The molecule has 0 spiro atoms. The van der Waals surface area contributed by atoms with E-state index in [0.717, 1.165) is 63.3 Å². The molecule has 1 aromatic heterocycles. The normalized spacial score (nSPS) is 11.0. The van der Waals surface area contributed by atoms with Crippen LogP contribution in [0.15, 0.2) is 85.6 Å². The highest BCUT2D eigenvalue weighted by Crippen LogP contribution is 2.30. The lowest BCUT2D eigenvalue weighted by atomic mass is 9.96. The molecule has 0 saturated heterocycles. The van der Waals surface area contributed by atoms with Crippen LogP contribution in [0.3, 0.4) is 0 Å². The second-order valence-electron chi connectivity index (χ2n) is 9.65. The van der Waals surface area contributed by atoms with E-state index in [4.69, 9.17) is 5.11 Å². The molecule has 4 N–H and O–H groups in total. The summed E-state index contributed by atoms with van der Waals surface area (Å²) in [4.78, 5) is 4.52.